The Hall–Kier alpha value is -1.46. The van der Waals surface area contributed by atoms with Crippen LogP contribution in [-0.4, -0.2) is 42.0 Å². The number of likely N-dealkylation sites (tertiary alicyclic amines) is 1. The van der Waals surface area contributed by atoms with Gasteiger partial charge in [-0.05, 0) is 37.6 Å². The van der Waals surface area contributed by atoms with Gasteiger partial charge < -0.3 is 16.0 Å². The van der Waals surface area contributed by atoms with Crippen LogP contribution in [0.4, 0.5) is 0 Å². The minimum atomic E-state index is 0.144. The van der Waals surface area contributed by atoms with Crippen molar-refractivity contribution in [2.45, 2.75) is 19.4 Å². The third-order valence-corrected chi connectivity index (χ3v) is 3.59. The van der Waals surface area contributed by atoms with E-state index in [1.54, 1.807) is 12.4 Å². The van der Waals surface area contributed by atoms with E-state index in [-0.39, 0.29) is 11.8 Å². The number of nitrogens with two attached hydrogens (primary N) is 1. The van der Waals surface area contributed by atoms with Crippen LogP contribution in [0.25, 0.3) is 0 Å². The molecule has 104 valence electrons. The molecule has 1 aliphatic heterocycles. The summed E-state index contributed by atoms with van der Waals surface area (Å²) in [7, 11) is 0. The Morgan fingerprint density at radius 1 is 1.47 bits per heavy atom. The number of nitrogens with one attached hydrogen (secondary N) is 1. The Morgan fingerprint density at radius 2 is 2.26 bits per heavy atom. The summed E-state index contributed by atoms with van der Waals surface area (Å²) < 4.78 is 0. The first-order valence-corrected chi connectivity index (χ1v) is 6.88. The van der Waals surface area contributed by atoms with Gasteiger partial charge in [0.05, 0.1) is 0 Å². The second kappa shape index (κ2) is 7.21. The van der Waals surface area contributed by atoms with Gasteiger partial charge >= 0.3 is 0 Å². The van der Waals surface area contributed by atoms with Crippen LogP contribution in [0.2, 0.25) is 0 Å². The molecule has 1 aromatic heterocycles. The highest BCUT2D eigenvalue weighted by atomic mass is 16.1. The van der Waals surface area contributed by atoms with Gasteiger partial charge in [0.1, 0.15) is 0 Å². The van der Waals surface area contributed by atoms with Crippen molar-refractivity contribution in [3.63, 3.8) is 0 Å². The molecule has 0 saturated carbocycles. The summed E-state index contributed by atoms with van der Waals surface area (Å²) in [5, 5.41) is 2.99. The molecule has 19 heavy (non-hydrogen) atoms. The van der Waals surface area contributed by atoms with Gasteiger partial charge in [0.2, 0.25) is 5.91 Å². The third kappa shape index (κ3) is 4.29. The lowest BCUT2D eigenvalue weighted by Gasteiger charge is -2.30. The molecular formula is C14H22N4O. The van der Waals surface area contributed by atoms with E-state index in [9.17, 15) is 4.79 Å². The third-order valence-electron chi connectivity index (χ3n) is 3.59. The summed E-state index contributed by atoms with van der Waals surface area (Å²) in [5.41, 5.74) is 6.58. The molecular weight excluding hydrogens is 240 g/mol. The maximum absolute atomic E-state index is 12.1. The molecule has 1 saturated heterocycles. The lowest BCUT2D eigenvalue weighted by Crippen LogP contribution is -2.41. The van der Waals surface area contributed by atoms with E-state index in [4.69, 9.17) is 5.73 Å². The summed E-state index contributed by atoms with van der Waals surface area (Å²) in [6.07, 6.45) is 5.38. The predicted octanol–water partition coefficient (Wildman–Crippen LogP) is 0.369. The smallest absolute Gasteiger partial charge is 0.223 e. The summed E-state index contributed by atoms with van der Waals surface area (Å²) in [5.74, 6) is 0.307. The average Bonchev–Trinajstić information content (AvgIpc) is 2.47. The molecule has 3 N–H and O–H groups in total. The zero-order chi connectivity index (χ0) is 13.5. The normalized spacial score (nSPS) is 17.3. The molecule has 1 aromatic rings. The fourth-order valence-corrected chi connectivity index (χ4v) is 2.44. The lowest BCUT2D eigenvalue weighted by atomic mass is 9.96. The zero-order valence-corrected chi connectivity index (χ0v) is 11.2. The van der Waals surface area contributed by atoms with Gasteiger partial charge in [-0.3, -0.25) is 9.78 Å². The van der Waals surface area contributed by atoms with Crippen molar-refractivity contribution in [2.24, 2.45) is 11.7 Å². The number of aromatic nitrogens is 1. The monoisotopic (exact) mass is 262 g/mol. The van der Waals surface area contributed by atoms with E-state index < -0.39 is 0 Å². The van der Waals surface area contributed by atoms with E-state index >= 15 is 0 Å². The Bertz CT molecular complexity index is 388. The van der Waals surface area contributed by atoms with Crippen LogP contribution in [0.1, 0.15) is 18.4 Å². The van der Waals surface area contributed by atoms with E-state index in [2.05, 4.69) is 15.2 Å². The van der Waals surface area contributed by atoms with Gasteiger partial charge in [-0.2, -0.15) is 0 Å². The van der Waals surface area contributed by atoms with Crippen LogP contribution in [0.15, 0.2) is 24.5 Å². The van der Waals surface area contributed by atoms with Gasteiger partial charge in [0, 0.05) is 37.9 Å². The predicted molar refractivity (Wildman–Crippen MR) is 74.3 cm³/mol. The quantitative estimate of drug-likeness (QED) is 0.804. The van der Waals surface area contributed by atoms with E-state index in [1.807, 2.05) is 12.1 Å². The first-order valence-electron chi connectivity index (χ1n) is 6.88. The zero-order valence-electron chi connectivity index (χ0n) is 11.2. The Morgan fingerprint density at radius 3 is 2.89 bits per heavy atom. The molecule has 1 fully saturated rings. The number of pyridine rings is 1. The standard InChI is InChI=1S/C14H22N4O/c15-5-9-18-7-3-13(4-8-18)14(19)17-11-12-2-1-6-16-10-12/h1-2,6,10,13H,3-5,7-9,11,15H2,(H,17,19). The largest absolute Gasteiger partial charge is 0.352 e. The number of rotatable bonds is 5. The number of piperidine rings is 1. The first-order chi connectivity index (χ1) is 9.29. The van der Waals surface area contributed by atoms with Crippen molar-refractivity contribution < 1.29 is 4.79 Å². The Kier molecular flexibility index (Phi) is 5.30. The maximum atomic E-state index is 12.1. The SMILES string of the molecule is NCCN1CCC(C(=O)NCc2cccnc2)CC1. The second-order valence-electron chi connectivity index (χ2n) is 4.98. The number of hydrogen-bond acceptors (Lipinski definition) is 4. The minimum absolute atomic E-state index is 0.144. The summed E-state index contributed by atoms with van der Waals surface area (Å²) in [6.45, 7) is 4.14. The second-order valence-corrected chi connectivity index (χ2v) is 4.98. The number of nitrogens with zero attached hydrogens (tertiary/aromatic N) is 2. The summed E-state index contributed by atoms with van der Waals surface area (Å²) >= 11 is 0. The molecule has 0 bridgehead atoms. The molecule has 2 rings (SSSR count). The molecule has 0 aliphatic carbocycles. The topological polar surface area (TPSA) is 71.2 Å². The van der Waals surface area contributed by atoms with Gasteiger partial charge in [0.25, 0.3) is 0 Å². The number of carbonyl (C=O) groups is 1. The van der Waals surface area contributed by atoms with Crippen molar-refractivity contribution in [3.8, 4) is 0 Å². The van der Waals surface area contributed by atoms with Crippen molar-refractivity contribution in [1.29, 1.82) is 0 Å². The lowest BCUT2D eigenvalue weighted by molar-refractivity contribution is -0.126. The molecule has 0 atom stereocenters. The highest BCUT2D eigenvalue weighted by Crippen LogP contribution is 2.17. The molecule has 0 spiro atoms. The van der Waals surface area contributed by atoms with E-state index in [1.165, 1.54) is 0 Å². The van der Waals surface area contributed by atoms with Crippen molar-refractivity contribution in [2.75, 3.05) is 26.2 Å². The van der Waals surface area contributed by atoms with E-state index in [0.717, 1.165) is 38.0 Å². The highest BCUT2D eigenvalue weighted by Gasteiger charge is 2.24. The van der Waals surface area contributed by atoms with Gasteiger partial charge in [-0.15, -0.1) is 0 Å². The molecule has 2 heterocycles. The molecule has 5 heteroatoms. The minimum Gasteiger partial charge on any atom is -0.352 e. The number of hydrogen-bond donors (Lipinski definition) is 2. The van der Waals surface area contributed by atoms with Crippen LogP contribution < -0.4 is 11.1 Å². The fraction of sp³-hybridized carbons (Fsp3) is 0.571. The molecule has 0 unspecified atom stereocenters. The first kappa shape index (κ1) is 14.0. The Balaban J connectivity index is 1.73. The van der Waals surface area contributed by atoms with Crippen molar-refractivity contribution >= 4 is 5.91 Å². The highest BCUT2D eigenvalue weighted by molar-refractivity contribution is 5.78. The molecule has 1 aliphatic rings. The van der Waals surface area contributed by atoms with Crippen LogP contribution >= 0.6 is 0 Å². The van der Waals surface area contributed by atoms with Crippen LogP contribution in [0.3, 0.4) is 0 Å². The summed E-state index contributed by atoms with van der Waals surface area (Å²) in [6, 6.07) is 3.85. The Labute approximate surface area is 114 Å². The van der Waals surface area contributed by atoms with Crippen LogP contribution in [0, 0.1) is 5.92 Å². The fourth-order valence-electron chi connectivity index (χ4n) is 2.44. The van der Waals surface area contributed by atoms with E-state index in [0.29, 0.717) is 13.1 Å². The molecule has 0 radical (unpaired) electrons. The number of amides is 1. The number of carbonyl (C=O) groups excluding carboxylic acids is 1. The van der Waals surface area contributed by atoms with Crippen LogP contribution in [-0.2, 0) is 11.3 Å². The maximum Gasteiger partial charge on any atom is 0.223 e. The molecule has 1 amide bonds. The van der Waals surface area contributed by atoms with Gasteiger partial charge in [-0.25, -0.2) is 0 Å². The van der Waals surface area contributed by atoms with Gasteiger partial charge in [0.15, 0.2) is 0 Å². The molecule has 5 nitrogen and oxygen atoms in total. The average molecular weight is 262 g/mol. The van der Waals surface area contributed by atoms with Gasteiger partial charge in [-0.1, -0.05) is 6.07 Å². The van der Waals surface area contributed by atoms with Crippen molar-refractivity contribution in [1.82, 2.24) is 15.2 Å². The molecule has 0 aromatic carbocycles. The summed E-state index contributed by atoms with van der Waals surface area (Å²) in [4.78, 5) is 18.4. The van der Waals surface area contributed by atoms with Crippen LogP contribution in [0.5, 0.6) is 0 Å². The van der Waals surface area contributed by atoms with Crippen molar-refractivity contribution in [3.05, 3.63) is 30.1 Å².